The van der Waals surface area contributed by atoms with Crippen molar-refractivity contribution in [1.29, 1.82) is 0 Å². The average molecular weight is 356 g/mol. The minimum atomic E-state index is -0.995. The Morgan fingerprint density at radius 3 is 2.58 bits per heavy atom. The predicted molar refractivity (Wildman–Crippen MR) is 96.4 cm³/mol. The molecule has 1 aromatic carbocycles. The first-order valence-electron chi connectivity index (χ1n) is 9.09. The van der Waals surface area contributed by atoms with Crippen LogP contribution in [0.15, 0.2) is 23.2 Å². The largest absolute Gasteiger partial charge is 0.478 e. The number of nitrogens with zero attached hydrogens (tertiary/aromatic N) is 2. The molecule has 138 valence electrons. The Labute approximate surface area is 152 Å². The van der Waals surface area contributed by atoms with Crippen LogP contribution in [0.2, 0.25) is 0 Å². The van der Waals surface area contributed by atoms with Crippen molar-refractivity contribution in [2.45, 2.75) is 50.7 Å². The van der Waals surface area contributed by atoms with E-state index in [1.807, 2.05) is 13.0 Å². The molecule has 2 spiro atoms. The number of ether oxygens (including phenoxy) is 1. The Morgan fingerprint density at radius 2 is 2.04 bits per heavy atom. The predicted octanol–water partition coefficient (Wildman–Crippen LogP) is 2.60. The maximum absolute atomic E-state index is 13.4. The van der Waals surface area contributed by atoms with Crippen LogP contribution in [0.25, 0.3) is 0 Å². The van der Waals surface area contributed by atoms with Gasteiger partial charge in [-0.1, -0.05) is 6.07 Å². The van der Waals surface area contributed by atoms with Gasteiger partial charge in [0.2, 0.25) is 0 Å². The van der Waals surface area contributed by atoms with Crippen LogP contribution in [0, 0.1) is 5.41 Å². The standard InChI is InChI=1S/C20H24N2O4/c1-12-21-20(18(25)22(12)2)16-10-13(17(23)24)4-5-14(16)11-19(20)8-6-15(26-3)7-9-19/h4-5,10,15H,6-9,11H2,1-3H3,(H,23,24). The van der Waals surface area contributed by atoms with E-state index < -0.39 is 11.5 Å². The van der Waals surface area contributed by atoms with Gasteiger partial charge >= 0.3 is 5.97 Å². The van der Waals surface area contributed by atoms with Crippen molar-refractivity contribution >= 4 is 17.7 Å². The van der Waals surface area contributed by atoms with E-state index in [4.69, 9.17) is 9.73 Å². The number of carbonyl (C=O) groups is 2. The number of carboxylic acid groups (broad SMARTS) is 1. The normalized spacial score (nSPS) is 33.0. The highest BCUT2D eigenvalue weighted by Gasteiger charge is 2.65. The molecule has 1 N–H and O–H groups in total. The molecule has 4 rings (SSSR count). The van der Waals surface area contributed by atoms with Crippen molar-refractivity contribution in [3.8, 4) is 0 Å². The molecule has 6 nitrogen and oxygen atoms in total. The third-order valence-electron chi connectivity index (χ3n) is 6.70. The third kappa shape index (κ3) is 2.05. The van der Waals surface area contributed by atoms with E-state index in [-0.39, 0.29) is 23.0 Å². The fourth-order valence-electron chi connectivity index (χ4n) is 5.17. The van der Waals surface area contributed by atoms with Crippen molar-refractivity contribution in [3.05, 3.63) is 34.9 Å². The number of rotatable bonds is 2. The Hall–Kier alpha value is -2.21. The van der Waals surface area contributed by atoms with Gasteiger partial charge in [-0.3, -0.25) is 9.79 Å². The monoisotopic (exact) mass is 356 g/mol. The molecule has 26 heavy (non-hydrogen) atoms. The average Bonchev–Trinajstić information content (AvgIpc) is 3.03. The minimum Gasteiger partial charge on any atom is -0.478 e. The quantitative estimate of drug-likeness (QED) is 0.883. The van der Waals surface area contributed by atoms with Crippen LogP contribution in [0.1, 0.15) is 54.1 Å². The number of hydrogen-bond donors (Lipinski definition) is 1. The van der Waals surface area contributed by atoms with Gasteiger partial charge in [-0.05, 0) is 62.3 Å². The highest BCUT2D eigenvalue weighted by atomic mass is 16.5. The molecule has 1 atom stereocenters. The van der Waals surface area contributed by atoms with Gasteiger partial charge in [-0.25, -0.2) is 4.79 Å². The minimum absolute atomic E-state index is 0.0350. The molecule has 0 radical (unpaired) electrons. The Kier molecular flexibility index (Phi) is 3.74. The van der Waals surface area contributed by atoms with E-state index >= 15 is 0 Å². The molecule has 3 aliphatic rings. The van der Waals surface area contributed by atoms with Crippen molar-refractivity contribution in [2.75, 3.05) is 14.2 Å². The number of carbonyl (C=O) groups excluding carboxylic acids is 1. The van der Waals surface area contributed by atoms with Crippen LogP contribution < -0.4 is 0 Å². The van der Waals surface area contributed by atoms with Gasteiger partial charge in [0.05, 0.1) is 11.7 Å². The number of amides is 1. The van der Waals surface area contributed by atoms with E-state index in [0.717, 1.165) is 43.2 Å². The van der Waals surface area contributed by atoms with Crippen molar-refractivity contribution in [1.82, 2.24) is 4.90 Å². The van der Waals surface area contributed by atoms with Crippen molar-refractivity contribution < 1.29 is 19.4 Å². The maximum atomic E-state index is 13.4. The second-order valence-corrected chi connectivity index (χ2v) is 7.80. The Balaban J connectivity index is 1.90. The van der Waals surface area contributed by atoms with Gasteiger partial charge in [0.1, 0.15) is 5.84 Å². The van der Waals surface area contributed by atoms with E-state index in [2.05, 4.69) is 0 Å². The molecule has 1 aromatic rings. The molecule has 0 aromatic heterocycles. The number of hydrogen-bond acceptors (Lipinski definition) is 4. The lowest BCUT2D eigenvalue weighted by Gasteiger charge is -2.45. The summed E-state index contributed by atoms with van der Waals surface area (Å²) in [5, 5.41) is 9.44. The summed E-state index contributed by atoms with van der Waals surface area (Å²) in [5.74, 6) is -0.324. The third-order valence-corrected chi connectivity index (χ3v) is 6.70. The number of aromatic carboxylic acids is 1. The topological polar surface area (TPSA) is 79.2 Å². The molecule has 1 heterocycles. The first-order valence-corrected chi connectivity index (χ1v) is 9.09. The lowest BCUT2D eigenvalue weighted by atomic mass is 9.61. The summed E-state index contributed by atoms with van der Waals surface area (Å²) < 4.78 is 5.53. The SMILES string of the molecule is COC1CCC2(CC1)Cc1ccc(C(=O)O)cc1C21N=C(C)N(C)C1=O. The van der Waals surface area contributed by atoms with Crippen LogP contribution in [-0.4, -0.2) is 48.0 Å². The lowest BCUT2D eigenvalue weighted by Crippen LogP contribution is -2.51. The number of aliphatic imine (C=N–C) groups is 1. The summed E-state index contributed by atoms with van der Waals surface area (Å²) >= 11 is 0. The number of carboxylic acids is 1. The fraction of sp³-hybridized carbons (Fsp3) is 0.550. The van der Waals surface area contributed by atoms with Crippen LogP contribution in [-0.2, 0) is 21.5 Å². The van der Waals surface area contributed by atoms with Gasteiger partial charge in [-0.15, -0.1) is 0 Å². The highest BCUT2D eigenvalue weighted by molar-refractivity contribution is 6.09. The van der Waals surface area contributed by atoms with Crippen LogP contribution >= 0.6 is 0 Å². The summed E-state index contributed by atoms with van der Waals surface area (Å²) in [6, 6.07) is 5.17. The zero-order valence-electron chi connectivity index (χ0n) is 15.4. The van der Waals surface area contributed by atoms with Crippen molar-refractivity contribution in [2.24, 2.45) is 10.4 Å². The molecule has 2 aliphatic carbocycles. The number of amidine groups is 1. The van der Waals surface area contributed by atoms with Gasteiger partial charge < -0.3 is 14.7 Å². The maximum Gasteiger partial charge on any atom is 0.335 e. The lowest BCUT2D eigenvalue weighted by molar-refractivity contribution is -0.137. The summed E-state index contributed by atoms with van der Waals surface area (Å²) in [6.45, 7) is 1.85. The summed E-state index contributed by atoms with van der Waals surface area (Å²) in [4.78, 5) is 31.5. The number of fused-ring (bicyclic) bond motifs is 3. The van der Waals surface area contributed by atoms with Crippen LogP contribution in [0.3, 0.4) is 0 Å². The number of methoxy groups -OCH3 is 1. The van der Waals surface area contributed by atoms with E-state index in [1.165, 1.54) is 0 Å². The van der Waals surface area contributed by atoms with Gasteiger partial charge in [0, 0.05) is 19.6 Å². The van der Waals surface area contributed by atoms with Gasteiger partial charge in [0.15, 0.2) is 5.54 Å². The molecule has 6 heteroatoms. The van der Waals surface area contributed by atoms with Gasteiger partial charge in [0.25, 0.3) is 5.91 Å². The fourth-order valence-corrected chi connectivity index (χ4v) is 5.17. The van der Waals surface area contributed by atoms with E-state index in [9.17, 15) is 14.7 Å². The molecule has 0 saturated heterocycles. The molecule has 1 fully saturated rings. The zero-order chi connectivity index (χ0) is 18.7. The highest BCUT2D eigenvalue weighted by Crippen LogP contribution is 2.62. The van der Waals surface area contributed by atoms with E-state index in [0.29, 0.717) is 5.84 Å². The Morgan fingerprint density at radius 1 is 1.35 bits per heavy atom. The Bertz CT molecular complexity index is 823. The first-order chi connectivity index (χ1) is 12.3. The number of benzene rings is 1. The summed E-state index contributed by atoms with van der Waals surface area (Å²) in [7, 11) is 3.49. The van der Waals surface area contributed by atoms with Gasteiger partial charge in [-0.2, -0.15) is 0 Å². The second-order valence-electron chi connectivity index (χ2n) is 7.80. The second kappa shape index (κ2) is 5.64. The molecule has 1 amide bonds. The van der Waals surface area contributed by atoms with Crippen LogP contribution in [0.4, 0.5) is 0 Å². The number of likely N-dealkylation sites (N-methyl/N-ethyl adjacent to an activating group) is 1. The molecular formula is C20H24N2O4. The zero-order valence-corrected chi connectivity index (χ0v) is 15.4. The first kappa shape index (κ1) is 17.2. The molecule has 1 saturated carbocycles. The van der Waals surface area contributed by atoms with Crippen molar-refractivity contribution in [3.63, 3.8) is 0 Å². The summed E-state index contributed by atoms with van der Waals surface area (Å²) in [6.07, 6.45) is 4.45. The smallest absolute Gasteiger partial charge is 0.335 e. The molecular weight excluding hydrogens is 332 g/mol. The van der Waals surface area contributed by atoms with E-state index in [1.54, 1.807) is 31.2 Å². The molecule has 1 aliphatic heterocycles. The molecule has 0 bridgehead atoms. The molecule has 1 unspecified atom stereocenters. The summed E-state index contributed by atoms with van der Waals surface area (Å²) in [5.41, 5.74) is 0.740. The van der Waals surface area contributed by atoms with Crippen LogP contribution in [0.5, 0.6) is 0 Å².